The van der Waals surface area contributed by atoms with E-state index in [4.69, 9.17) is 9.84 Å². The molecule has 5 rings (SSSR count). The summed E-state index contributed by atoms with van der Waals surface area (Å²) < 4.78 is 34.4. The van der Waals surface area contributed by atoms with E-state index in [-0.39, 0.29) is 11.8 Å². The molecule has 0 saturated carbocycles. The van der Waals surface area contributed by atoms with E-state index in [9.17, 15) is 8.42 Å². The van der Waals surface area contributed by atoms with Gasteiger partial charge in [-0.25, -0.2) is 13.1 Å². The van der Waals surface area contributed by atoms with E-state index in [0.29, 0.717) is 24.8 Å². The third-order valence-corrected chi connectivity index (χ3v) is 8.12. The van der Waals surface area contributed by atoms with Crippen molar-refractivity contribution in [1.29, 1.82) is 0 Å². The normalized spacial score (nSPS) is 26.1. The molecule has 3 fully saturated rings. The summed E-state index contributed by atoms with van der Waals surface area (Å²) in [5, 5.41) is 4.78. The van der Waals surface area contributed by atoms with Crippen molar-refractivity contribution >= 4 is 10.0 Å². The quantitative estimate of drug-likeness (QED) is 0.694. The predicted octanol–water partition coefficient (Wildman–Crippen LogP) is 2.60. The number of hydrogen-bond donors (Lipinski definition) is 1. The molecule has 4 heterocycles. The number of hydrogen-bond acceptors (Lipinski definition) is 5. The lowest BCUT2D eigenvalue weighted by molar-refractivity contribution is 0.0306. The highest BCUT2D eigenvalue weighted by molar-refractivity contribution is 7.89. The number of aromatic nitrogens is 2. The SMILES string of the molecule is CCCS(=O)(=O)NC[C@H]1C[C@H]2CCN1C[C@@H]2c1cc(-c2ccccc2OC)nn1C. The lowest BCUT2D eigenvalue weighted by atomic mass is 9.74. The van der Waals surface area contributed by atoms with E-state index in [1.165, 1.54) is 5.69 Å². The second kappa shape index (κ2) is 8.69. The smallest absolute Gasteiger partial charge is 0.211 e. The zero-order valence-corrected chi connectivity index (χ0v) is 18.9. The van der Waals surface area contributed by atoms with Crippen LogP contribution < -0.4 is 9.46 Å². The molecule has 164 valence electrons. The zero-order chi connectivity index (χ0) is 21.3. The molecule has 0 aliphatic carbocycles. The van der Waals surface area contributed by atoms with Gasteiger partial charge in [-0.1, -0.05) is 19.1 Å². The standard InChI is InChI=1S/C22H32N4O3S/c1-4-11-30(27,28)23-14-17-12-16-9-10-26(17)15-19(16)21-13-20(24-25(21)2)18-7-5-6-8-22(18)29-3/h5-8,13,16-17,19,23H,4,9-12,14-15H2,1-3H3/t16-,17-,19+/m1/s1. The first kappa shape index (κ1) is 21.3. The Balaban J connectivity index is 1.49. The fourth-order valence-electron chi connectivity index (χ4n) is 5.07. The number of aryl methyl sites for hydroxylation is 1. The molecule has 0 amide bonds. The van der Waals surface area contributed by atoms with Crippen LogP contribution in [0.4, 0.5) is 0 Å². The summed E-state index contributed by atoms with van der Waals surface area (Å²) in [4.78, 5) is 2.45. The average Bonchev–Trinajstić information content (AvgIpc) is 3.14. The van der Waals surface area contributed by atoms with Crippen molar-refractivity contribution in [2.75, 3.05) is 32.5 Å². The second-order valence-electron chi connectivity index (χ2n) is 8.49. The van der Waals surface area contributed by atoms with Crippen LogP contribution in [0, 0.1) is 5.92 Å². The molecule has 7 nitrogen and oxygen atoms in total. The first-order valence-corrected chi connectivity index (χ1v) is 12.5. The molecule has 1 unspecified atom stereocenters. The lowest BCUT2D eigenvalue weighted by Gasteiger charge is -2.49. The van der Waals surface area contributed by atoms with Gasteiger partial charge in [0.25, 0.3) is 0 Å². The van der Waals surface area contributed by atoms with E-state index in [0.717, 1.165) is 42.9 Å². The van der Waals surface area contributed by atoms with Crippen LogP contribution in [0.5, 0.6) is 5.75 Å². The summed E-state index contributed by atoms with van der Waals surface area (Å²) in [5.74, 6) is 2.00. The first-order valence-electron chi connectivity index (χ1n) is 10.8. The molecule has 0 spiro atoms. The number of fused-ring (bicyclic) bond motifs is 3. The Labute approximate surface area is 179 Å². The van der Waals surface area contributed by atoms with E-state index < -0.39 is 10.0 Å². The first-order chi connectivity index (χ1) is 14.4. The van der Waals surface area contributed by atoms with Crippen LogP contribution in [0.1, 0.15) is 37.8 Å². The Morgan fingerprint density at radius 3 is 2.80 bits per heavy atom. The van der Waals surface area contributed by atoms with Crippen molar-refractivity contribution in [2.45, 2.75) is 38.1 Å². The molecule has 0 radical (unpaired) electrons. The van der Waals surface area contributed by atoms with Crippen LogP contribution >= 0.6 is 0 Å². The highest BCUT2D eigenvalue weighted by Crippen LogP contribution is 2.42. The largest absolute Gasteiger partial charge is 0.496 e. The lowest BCUT2D eigenvalue weighted by Crippen LogP contribution is -2.56. The predicted molar refractivity (Wildman–Crippen MR) is 118 cm³/mol. The van der Waals surface area contributed by atoms with Crippen molar-refractivity contribution in [3.8, 4) is 17.0 Å². The van der Waals surface area contributed by atoms with Crippen LogP contribution in [0.15, 0.2) is 30.3 Å². The van der Waals surface area contributed by atoms with Gasteiger partial charge in [-0.3, -0.25) is 9.58 Å². The van der Waals surface area contributed by atoms with Crippen molar-refractivity contribution < 1.29 is 13.2 Å². The van der Waals surface area contributed by atoms with Crippen LogP contribution in [0.2, 0.25) is 0 Å². The molecule has 2 bridgehead atoms. The van der Waals surface area contributed by atoms with Crippen LogP contribution in [0.25, 0.3) is 11.3 Å². The molecule has 4 atom stereocenters. The molecule has 1 aromatic heterocycles. The van der Waals surface area contributed by atoms with Crippen LogP contribution in [-0.2, 0) is 17.1 Å². The Kier molecular flexibility index (Phi) is 6.18. The number of nitrogens with one attached hydrogen (secondary N) is 1. The third kappa shape index (κ3) is 4.26. The van der Waals surface area contributed by atoms with Crippen LogP contribution in [0.3, 0.4) is 0 Å². The maximum Gasteiger partial charge on any atom is 0.211 e. The van der Waals surface area contributed by atoms with E-state index >= 15 is 0 Å². The average molecular weight is 433 g/mol. The van der Waals surface area contributed by atoms with Gasteiger partial charge in [0.05, 0.1) is 18.6 Å². The number of rotatable bonds is 8. The minimum absolute atomic E-state index is 0.201. The molecule has 30 heavy (non-hydrogen) atoms. The van der Waals surface area contributed by atoms with Crippen molar-refractivity contribution in [2.24, 2.45) is 13.0 Å². The highest BCUT2D eigenvalue weighted by Gasteiger charge is 2.42. The van der Waals surface area contributed by atoms with Gasteiger partial charge < -0.3 is 4.74 Å². The number of para-hydroxylation sites is 1. The number of benzene rings is 1. The van der Waals surface area contributed by atoms with Gasteiger partial charge in [-0.15, -0.1) is 0 Å². The maximum absolute atomic E-state index is 12.0. The monoisotopic (exact) mass is 432 g/mol. The van der Waals surface area contributed by atoms with Crippen molar-refractivity contribution in [1.82, 2.24) is 19.4 Å². The molecular weight excluding hydrogens is 400 g/mol. The summed E-state index contributed by atoms with van der Waals surface area (Å²) in [6.07, 6.45) is 2.82. The highest BCUT2D eigenvalue weighted by atomic mass is 32.2. The summed E-state index contributed by atoms with van der Waals surface area (Å²) in [6.45, 7) is 4.40. The second-order valence-corrected chi connectivity index (χ2v) is 10.4. The number of ether oxygens (including phenoxy) is 1. The van der Waals surface area contributed by atoms with E-state index in [1.807, 2.05) is 42.9 Å². The summed E-state index contributed by atoms with van der Waals surface area (Å²) in [6, 6.07) is 10.5. The molecule has 3 aliphatic rings. The van der Waals surface area contributed by atoms with Gasteiger partial charge in [0.1, 0.15) is 5.75 Å². The topological polar surface area (TPSA) is 76.5 Å². The summed E-state index contributed by atoms with van der Waals surface area (Å²) in [7, 11) is 0.545. The minimum Gasteiger partial charge on any atom is -0.496 e. The fraction of sp³-hybridized carbons (Fsp3) is 0.591. The Morgan fingerprint density at radius 1 is 1.30 bits per heavy atom. The van der Waals surface area contributed by atoms with Crippen molar-refractivity contribution in [3.05, 3.63) is 36.0 Å². The van der Waals surface area contributed by atoms with E-state index in [2.05, 4.69) is 15.7 Å². The summed E-state index contributed by atoms with van der Waals surface area (Å²) in [5.41, 5.74) is 3.19. The molecular formula is C22H32N4O3S. The molecule has 1 N–H and O–H groups in total. The Hall–Kier alpha value is -1.90. The molecule has 8 heteroatoms. The number of nitrogens with zero attached hydrogens (tertiary/aromatic N) is 3. The van der Waals surface area contributed by atoms with Crippen LogP contribution in [-0.4, -0.2) is 61.6 Å². The zero-order valence-electron chi connectivity index (χ0n) is 18.0. The Bertz CT molecular complexity index is 988. The van der Waals surface area contributed by atoms with Crippen molar-refractivity contribution in [3.63, 3.8) is 0 Å². The molecule has 3 aliphatic heterocycles. The van der Waals surface area contributed by atoms with Gasteiger partial charge in [0.15, 0.2) is 0 Å². The number of piperidine rings is 3. The van der Waals surface area contributed by atoms with Gasteiger partial charge >= 0.3 is 0 Å². The van der Waals surface area contributed by atoms with Gasteiger partial charge in [-0.05, 0) is 49.9 Å². The fourth-order valence-corrected chi connectivity index (χ4v) is 6.19. The van der Waals surface area contributed by atoms with Gasteiger partial charge in [0.2, 0.25) is 10.0 Å². The number of methoxy groups -OCH3 is 1. The maximum atomic E-state index is 12.0. The molecule has 2 aromatic rings. The Morgan fingerprint density at radius 2 is 2.10 bits per heavy atom. The van der Waals surface area contributed by atoms with E-state index in [1.54, 1.807) is 7.11 Å². The number of sulfonamides is 1. The third-order valence-electron chi connectivity index (χ3n) is 6.57. The minimum atomic E-state index is -3.16. The van der Waals surface area contributed by atoms with Gasteiger partial charge in [0, 0.05) is 43.4 Å². The van der Waals surface area contributed by atoms with Gasteiger partial charge in [-0.2, -0.15) is 5.10 Å². The molecule has 1 aromatic carbocycles. The summed E-state index contributed by atoms with van der Waals surface area (Å²) >= 11 is 0. The molecule has 3 saturated heterocycles.